The summed E-state index contributed by atoms with van der Waals surface area (Å²) in [5.41, 5.74) is 4.07. The molecule has 0 fully saturated rings. The molecule has 0 radical (unpaired) electrons. The SMILES string of the molecule is CC1=Nc2c(C(=O)Nc3ccc(F)cc3)cnn2C(c2ccc([N+](=O)[O-])cc2)C1C(=O)Nc1ccc(C)cc1C. The summed E-state index contributed by atoms with van der Waals surface area (Å²) < 4.78 is 14.8. The van der Waals surface area contributed by atoms with Gasteiger partial charge in [-0.25, -0.2) is 14.1 Å². The van der Waals surface area contributed by atoms with Crippen molar-refractivity contribution in [2.75, 3.05) is 10.6 Å². The zero-order valence-corrected chi connectivity index (χ0v) is 21.9. The maximum Gasteiger partial charge on any atom is 0.269 e. The zero-order chi connectivity index (χ0) is 28.6. The Morgan fingerprint density at radius 3 is 2.33 bits per heavy atom. The Morgan fingerprint density at radius 2 is 1.68 bits per heavy atom. The maximum atomic E-state index is 13.7. The number of rotatable bonds is 6. The third-order valence-electron chi connectivity index (χ3n) is 6.80. The summed E-state index contributed by atoms with van der Waals surface area (Å²) >= 11 is 0. The van der Waals surface area contributed by atoms with Crippen LogP contribution in [-0.2, 0) is 4.79 Å². The first-order valence-electron chi connectivity index (χ1n) is 12.4. The van der Waals surface area contributed by atoms with E-state index in [-0.39, 0.29) is 23.0 Å². The van der Waals surface area contributed by atoms with Crippen molar-refractivity contribution in [3.63, 3.8) is 0 Å². The number of aryl methyl sites for hydroxylation is 2. The van der Waals surface area contributed by atoms with Crippen LogP contribution < -0.4 is 10.6 Å². The van der Waals surface area contributed by atoms with E-state index in [2.05, 4.69) is 20.7 Å². The first kappa shape index (κ1) is 26.4. The van der Waals surface area contributed by atoms with E-state index in [1.807, 2.05) is 32.0 Å². The molecule has 2 atom stereocenters. The lowest BCUT2D eigenvalue weighted by molar-refractivity contribution is -0.384. The number of non-ortho nitro benzene ring substituents is 1. The summed E-state index contributed by atoms with van der Waals surface area (Å²) in [5, 5.41) is 21.4. The molecule has 1 aromatic heterocycles. The number of anilines is 2. The number of nitrogens with zero attached hydrogens (tertiary/aromatic N) is 4. The molecule has 40 heavy (non-hydrogen) atoms. The van der Waals surface area contributed by atoms with E-state index in [0.717, 1.165) is 11.1 Å². The number of nitro benzene ring substituents is 1. The molecule has 0 aliphatic carbocycles. The standard InChI is InChI=1S/C29H25FN6O4/c1-16-4-13-24(17(2)14-16)34-29(38)25-18(3)32-27-23(28(37)33-21-9-7-20(30)8-10-21)15-31-35(27)26(25)19-5-11-22(12-6-19)36(39)40/h4-15,25-26H,1-3H3,(H,33,37)(H,34,38). The third-order valence-corrected chi connectivity index (χ3v) is 6.80. The minimum Gasteiger partial charge on any atom is -0.325 e. The van der Waals surface area contributed by atoms with E-state index in [9.17, 15) is 24.1 Å². The Balaban J connectivity index is 1.55. The highest BCUT2D eigenvalue weighted by atomic mass is 19.1. The first-order chi connectivity index (χ1) is 19.1. The predicted octanol–water partition coefficient (Wildman–Crippen LogP) is 5.75. The molecule has 2 N–H and O–H groups in total. The number of carbonyl (C=O) groups is 2. The first-order valence-corrected chi connectivity index (χ1v) is 12.4. The normalized spacial score (nSPS) is 16.1. The van der Waals surface area contributed by atoms with Crippen molar-refractivity contribution >= 4 is 40.4 Å². The van der Waals surface area contributed by atoms with Gasteiger partial charge < -0.3 is 10.6 Å². The maximum absolute atomic E-state index is 13.7. The molecule has 0 saturated heterocycles. The molecule has 2 amide bonds. The van der Waals surface area contributed by atoms with E-state index in [1.54, 1.807) is 19.1 Å². The summed E-state index contributed by atoms with van der Waals surface area (Å²) in [7, 11) is 0. The summed E-state index contributed by atoms with van der Waals surface area (Å²) in [6, 6.07) is 16.1. The van der Waals surface area contributed by atoms with Crippen LogP contribution >= 0.6 is 0 Å². The van der Waals surface area contributed by atoms with Gasteiger partial charge in [-0.3, -0.25) is 19.7 Å². The summed E-state index contributed by atoms with van der Waals surface area (Å²) in [5.74, 6) is -1.88. The minimum absolute atomic E-state index is 0.0960. The van der Waals surface area contributed by atoms with Crippen LogP contribution in [0, 0.1) is 35.7 Å². The molecule has 0 spiro atoms. The largest absolute Gasteiger partial charge is 0.325 e. The van der Waals surface area contributed by atoms with Crippen LogP contribution in [0.25, 0.3) is 0 Å². The minimum atomic E-state index is -0.831. The number of fused-ring (bicyclic) bond motifs is 1. The molecule has 2 heterocycles. The molecule has 11 heteroatoms. The van der Waals surface area contributed by atoms with E-state index in [0.29, 0.717) is 22.6 Å². The molecule has 1 aliphatic rings. The van der Waals surface area contributed by atoms with Crippen molar-refractivity contribution in [2.24, 2.45) is 10.9 Å². The monoisotopic (exact) mass is 540 g/mol. The molecule has 202 valence electrons. The van der Waals surface area contributed by atoms with Gasteiger partial charge in [0.05, 0.1) is 17.2 Å². The number of halogens is 1. The second-order valence-corrected chi connectivity index (χ2v) is 9.62. The Bertz CT molecular complexity index is 1660. The summed E-state index contributed by atoms with van der Waals surface area (Å²) in [4.78, 5) is 42.3. The fourth-order valence-corrected chi connectivity index (χ4v) is 4.79. The van der Waals surface area contributed by atoms with Crippen molar-refractivity contribution in [1.29, 1.82) is 0 Å². The lowest BCUT2D eigenvalue weighted by Crippen LogP contribution is -2.39. The lowest BCUT2D eigenvalue weighted by Gasteiger charge is -2.31. The number of nitrogens with one attached hydrogen (secondary N) is 2. The van der Waals surface area contributed by atoms with Gasteiger partial charge in [-0.05, 0) is 62.2 Å². The molecule has 0 saturated carbocycles. The van der Waals surface area contributed by atoms with E-state index in [1.165, 1.54) is 47.3 Å². The van der Waals surface area contributed by atoms with Gasteiger partial charge in [0.15, 0.2) is 5.82 Å². The van der Waals surface area contributed by atoms with Gasteiger partial charge in [0.25, 0.3) is 11.6 Å². The summed E-state index contributed by atoms with van der Waals surface area (Å²) in [6.07, 6.45) is 1.35. The highest BCUT2D eigenvalue weighted by Crippen LogP contribution is 2.39. The van der Waals surface area contributed by atoms with Crippen LogP contribution in [0.15, 0.2) is 77.9 Å². The highest BCUT2D eigenvalue weighted by molar-refractivity contribution is 6.12. The molecule has 3 aromatic carbocycles. The second kappa shape index (κ2) is 10.5. The van der Waals surface area contributed by atoms with Crippen LogP contribution in [0.2, 0.25) is 0 Å². The Morgan fingerprint density at radius 1 is 0.975 bits per heavy atom. The van der Waals surface area contributed by atoms with Crippen molar-refractivity contribution in [1.82, 2.24) is 9.78 Å². The summed E-state index contributed by atoms with van der Waals surface area (Å²) in [6.45, 7) is 5.56. The number of aromatic nitrogens is 2. The molecule has 1 aliphatic heterocycles. The number of carbonyl (C=O) groups excluding carboxylic acids is 2. The number of benzene rings is 3. The molecular formula is C29H25FN6O4. The third kappa shape index (κ3) is 5.08. The van der Waals surface area contributed by atoms with Crippen molar-refractivity contribution in [3.05, 3.63) is 111 Å². The van der Waals surface area contributed by atoms with E-state index in [4.69, 9.17) is 0 Å². The van der Waals surface area contributed by atoms with Crippen molar-refractivity contribution in [3.8, 4) is 0 Å². The highest BCUT2D eigenvalue weighted by Gasteiger charge is 2.40. The smallest absolute Gasteiger partial charge is 0.269 e. The Kier molecular flexibility index (Phi) is 6.95. The number of hydrogen-bond donors (Lipinski definition) is 2. The van der Waals surface area contributed by atoms with Gasteiger partial charge in [-0.2, -0.15) is 5.10 Å². The van der Waals surface area contributed by atoms with Gasteiger partial charge >= 0.3 is 0 Å². The van der Waals surface area contributed by atoms with Crippen LogP contribution in [0.4, 0.5) is 27.3 Å². The van der Waals surface area contributed by atoms with Gasteiger partial charge in [-0.1, -0.05) is 29.8 Å². The van der Waals surface area contributed by atoms with E-state index < -0.39 is 28.6 Å². The lowest BCUT2D eigenvalue weighted by atomic mass is 9.87. The number of aliphatic imine (C=N–C) groups is 1. The second-order valence-electron chi connectivity index (χ2n) is 9.62. The van der Waals surface area contributed by atoms with Gasteiger partial charge in [0.1, 0.15) is 17.3 Å². The predicted molar refractivity (Wildman–Crippen MR) is 149 cm³/mol. The fraction of sp³-hybridized carbons (Fsp3) is 0.172. The number of hydrogen-bond acceptors (Lipinski definition) is 6. The zero-order valence-electron chi connectivity index (χ0n) is 21.9. The van der Waals surface area contributed by atoms with Crippen molar-refractivity contribution in [2.45, 2.75) is 26.8 Å². The fourth-order valence-electron chi connectivity index (χ4n) is 4.79. The average Bonchev–Trinajstić information content (AvgIpc) is 3.34. The Hall–Kier alpha value is -5.19. The Labute approximate surface area is 228 Å². The topological polar surface area (TPSA) is 132 Å². The van der Waals surface area contributed by atoms with Gasteiger partial charge in [0.2, 0.25) is 5.91 Å². The molecule has 0 bridgehead atoms. The van der Waals surface area contributed by atoms with Crippen LogP contribution in [-0.4, -0.2) is 32.2 Å². The molecule has 5 rings (SSSR count). The number of amides is 2. The van der Waals surface area contributed by atoms with Gasteiger partial charge in [-0.15, -0.1) is 0 Å². The van der Waals surface area contributed by atoms with Crippen LogP contribution in [0.3, 0.4) is 0 Å². The van der Waals surface area contributed by atoms with Crippen LogP contribution in [0.5, 0.6) is 0 Å². The average molecular weight is 541 g/mol. The van der Waals surface area contributed by atoms with Gasteiger partial charge in [0, 0.05) is 29.2 Å². The van der Waals surface area contributed by atoms with E-state index >= 15 is 0 Å². The quantitative estimate of drug-likeness (QED) is 0.237. The molecule has 10 nitrogen and oxygen atoms in total. The molecular weight excluding hydrogens is 515 g/mol. The molecule has 2 unspecified atom stereocenters. The van der Waals surface area contributed by atoms with Crippen molar-refractivity contribution < 1.29 is 18.9 Å². The van der Waals surface area contributed by atoms with Crippen LogP contribution in [0.1, 0.15) is 40.0 Å². The number of nitro groups is 1. The molecule has 4 aromatic rings.